The van der Waals surface area contributed by atoms with Gasteiger partial charge in [0.25, 0.3) is 0 Å². The van der Waals surface area contributed by atoms with Gasteiger partial charge in [-0.2, -0.15) is 0 Å². The Morgan fingerprint density at radius 1 is 1.29 bits per heavy atom. The normalized spacial score (nSPS) is 11.1. The highest BCUT2D eigenvalue weighted by Gasteiger charge is 2.03. The van der Waals surface area contributed by atoms with Crippen LogP contribution in [0, 0.1) is 0 Å². The summed E-state index contributed by atoms with van der Waals surface area (Å²) in [6.07, 6.45) is 9.15. The van der Waals surface area contributed by atoms with Gasteiger partial charge in [0, 0.05) is 6.42 Å². The van der Waals surface area contributed by atoms with Crippen LogP contribution in [0.2, 0.25) is 0 Å². The van der Waals surface area contributed by atoms with Gasteiger partial charge in [-0.1, -0.05) is 18.6 Å². The molecule has 0 atom stereocenters. The maximum atomic E-state index is 11.1. The molecule has 2 nitrogen and oxygen atoms in total. The van der Waals surface area contributed by atoms with Crippen molar-refractivity contribution < 1.29 is 9.53 Å². The lowest BCUT2D eigenvalue weighted by Crippen LogP contribution is -2.10. The molecule has 0 aromatic rings. The highest BCUT2D eigenvalue weighted by Crippen LogP contribution is 2.05. The van der Waals surface area contributed by atoms with Crippen molar-refractivity contribution in [3.8, 4) is 0 Å². The van der Waals surface area contributed by atoms with Crippen molar-refractivity contribution in [1.29, 1.82) is 0 Å². The van der Waals surface area contributed by atoms with E-state index in [9.17, 15) is 4.79 Å². The molecule has 0 amide bonds. The Kier molecular flexibility index (Phi) is 8.30. The zero-order valence-corrected chi connectivity index (χ0v) is 9.58. The van der Waals surface area contributed by atoms with E-state index >= 15 is 0 Å². The predicted molar refractivity (Wildman–Crippen MR) is 59.1 cm³/mol. The molecule has 0 heterocycles. The van der Waals surface area contributed by atoms with Gasteiger partial charge in [-0.15, -0.1) is 0 Å². The van der Waals surface area contributed by atoms with Crippen LogP contribution in [0.15, 0.2) is 12.2 Å². The van der Waals surface area contributed by atoms with Crippen LogP contribution >= 0.6 is 0 Å². The van der Waals surface area contributed by atoms with Gasteiger partial charge in [0.2, 0.25) is 0 Å². The second kappa shape index (κ2) is 8.79. The molecule has 0 aliphatic rings. The first kappa shape index (κ1) is 13.2. The second-order valence-electron chi connectivity index (χ2n) is 3.71. The van der Waals surface area contributed by atoms with E-state index in [0.29, 0.717) is 6.42 Å². The van der Waals surface area contributed by atoms with Crippen molar-refractivity contribution in [3.05, 3.63) is 12.2 Å². The standard InChI is InChI=1S/C12H22O2/c1-4-5-6-7-8-9-10-12(13)14-11(2)3/h4-5,11H,6-10H2,1-3H3/b5-4-. The summed E-state index contributed by atoms with van der Waals surface area (Å²) in [7, 11) is 0. The van der Waals surface area contributed by atoms with Crippen LogP contribution in [-0.2, 0) is 9.53 Å². The number of esters is 1. The largest absolute Gasteiger partial charge is 0.463 e. The summed E-state index contributed by atoms with van der Waals surface area (Å²) in [6, 6.07) is 0. The summed E-state index contributed by atoms with van der Waals surface area (Å²) in [5, 5.41) is 0. The number of carbonyl (C=O) groups is 1. The molecular weight excluding hydrogens is 176 g/mol. The number of hydrogen-bond acceptors (Lipinski definition) is 2. The Morgan fingerprint density at radius 2 is 2.00 bits per heavy atom. The molecule has 0 spiro atoms. The van der Waals surface area contributed by atoms with Gasteiger partial charge in [-0.25, -0.2) is 0 Å². The van der Waals surface area contributed by atoms with Gasteiger partial charge < -0.3 is 4.74 Å². The SMILES string of the molecule is C/C=C\CCCCCC(=O)OC(C)C. The average Bonchev–Trinajstić information content (AvgIpc) is 2.10. The van der Waals surface area contributed by atoms with E-state index in [-0.39, 0.29) is 12.1 Å². The zero-order valence-electron chi connectivity index (χ0n) is 9.58. The van der Waals surface area contributed by atoms with E-state index in [4.69, 9.17) is 4.74 Å². The number of unbranched alkanes of at least 4 members (excludes halogenated alkanes) is 3. The summed E-state index contributed by atoms with van der Waals surface area (Å²) in [5.74, 6) is -0.0639. The van der Waals surface area contributed by atoms with Gasteiger partial charge in [-0.05, 0) is 40.0 Å². The maximum absolute atomic E-state index is 11.1. The third-order valence-corrected chi connectivity index (χ3v) is 1.85. The van der Waals surface area contributed by atoms with E-state index < -0.39 is 0 Å². The lowest BCUT2D eigenvalue weighted by molar-refractivity contribution is -0.147. The van der Waals surface area contributed by atoms with E-state index in [1.54, 1.807) is 0 Å². The van der Waals surface area contributed by atoms with Gasteiger partial charge in [0.15, 0.2) is 0 Å². The van der Waals surface area contributed by atoms with Crippen LogP contribution in [-0.4, -0.2) is 12.1 Å². The van der Waals surface area contributed by atoms with Crippen molar-refractivity contribution in [2.45, 2.75) is 59.0 Å². The fraction of sp³-hybridized carbons (Fsp3) is 0.750. The van der Waals surface area contributed by atoms with Crippen molar-refractivity contribution >= 4 is 5.97 Å². The van der Waals surface area contributed by atoms with Gasteiger partial charge in [-0.3, -0.25) is 4.79 Å². The molecule has 0 unspecified atom stereocenters. The van der Waals surface area contributed by atoms with Crippen LogP contribution in [0.4, 0.5) is 0 Å². The molecule has 0 fully saturated rings. The molecule has 0 saturated carbocycles. The lowest BCUT2D eigenvalue weighted by atomic mass is 10.1. The summed E-state index contributed by atoms with van der Waals surface area (Å²) < 4.78 is 5.02. The Labute approximate surface area is 87.3 Å². The summed E-state index contributed by atoms with van der Waals surface area (Å²) >= 11 is 0. The summed E-state index contributed by atoms with van der Waals surface area (Å²) in [4.78, 5) is 11.1. The van der Waals surface area contributed by atoms with Crippen LogP contribution in [0.25, 0.3) is 0 Å². The Bertz CT molecular complexity index is 171. The van der Waals surface area contributed by atoms with Crippen molar-refractivity contribution in [2.24, 2.45) is 0 Å². The molecule has 0 aliphatic carbocycles. The molecule has 2 heteroatoms. The Balaban J connectivity index is 3.23. The van der Waals surface area contributed by atoms with Gasteiger partial charge in [0.1, 0.15) is 0 Å². The zero-order chi connectivity index (χ0) is 10.8. The third kappa shape index (κ3) is 9.30. The van der Waals surface area contributed by atoms with Crippen molar-refractivity contribution in [1.82, 2.24) is 0 Å². The number of rotatable bonds is 7. The number of allylic oxidation sites excluding steroid dienone is 2. The minimum Gasteiger partial charge on any atom is -0.463 e. The molecule has 0 bridgehead atoms. The van der Waals surface area contributed by atoms with E-state index in [1.165, 1.54) is 6.42 Å². The fourth-order valence-electron chi connectivity index (χ4n) is 1.20. The van der Waals surface area contributed by atoms with Crippen LogP contribution in [0.5, 0.6) is 0 Å². The molecule has 0 rings (SSSR count). The highest BCUT2D eigenvalue weighted by molar-refractivity contribution is 5.69. The number of ether oxygens (including phenoxy) is 1. The van der Waals surface area contributed by atoms with Crippen molar-refractivity contribution in [2.75, 3.05) is 0 Å². The first-order chi connectivity index (χ1) is 6.66. The Hall–Kier alpha value is -0.790. The quantitative estimate of drug-likeness (QED) is 0.356. The van der Waals surface area contributed by atoms with Gasteiger partial charge >= 0.3 is 5.97 Å². The average molecular weight is 198 g/mol. The number of carbonyl (C=O) groups excluding carboxylic acids is 1. The minimum atomic E-state index is -0.0639. The predicted octanol–water partition coefficient (Wildman–Crippen LogP) is 3.46. The lowest BCUT2D eigenvalue weighted by Gasteiger charge is -2.06. The molecule has 0 radical (unpaired) electrons. The van der Waals surface area contributed by atoms with E-state index in [2.05, 4.69) is 12.2 Å². The second-order valence-corrected chi connectivity index (χ2v) is 3.71. The first-order valence-corrected chi connectivity index (χ1v) is 5.47. The molecule has 0 aromatic heterocycles. The molecule has 82 valence electrons. The van der Waals surface area contributed by atoms with Crippen LogP contribution in [0.1, 0.15) is 52.9 Å². The molecule has 0 aromatic carbocycles. The highest BCUT2D eigenvalue weighted by atomic mass is 16.5. The summed E-state index contributed by atoms with van der Waals surface area (Å²) in [5.41, 5.74) is 0. The third-order valence-electron chi connectivity index (χ3n) is 1.85. The molecule has 0 saturated heterocycles. The topological polar surface area (TPSA) is 26.3 Å². The van der Waals surface area contributed by atoms with Crippen LogP contribution < -0.4 is 0 Å². The Morgan fingerprint density at radius 3 is 2.57 bits per heavy atom. The smallest absolute Gasteiger partial charge is 0.306 e. The summed E-state index contributed by atoms with van der Waals surface area (Å²) in [6.45, 7) is 5.79. The molecule has 0 aliphatic heterocycles. The molecule has 14 heavy (non-hydrogen) atoms. The van der Waals surface area contributed by atoms with Crippen molar-refractivity contribution in [3.63, 3.8) is 0 Å². The van der Waals surface area contributed by atoms with Gasteiger partial charge in [0.05, 0.1) is 6.10 Å². The number of hydrogen-bond donors (Lipinski definition) is 0. The van der Waals surface area contributed by atoms with Crippen LogP contribution in [0.3, 0.4) is 0 Å². The monoisotopic (exact) mass is 198 g/mol. The minimum absolute atomic E-state index is 0.0190. The first-order valence-electron chi connectivity index (χ1n) is 5.47. The van der Waals surface area contributed by atoms with E-state index in [0.717, 1.165) is 19.3 Å². The van der Waals surface area contributed by atoms with E-state index in [1.807, 2.05) is 20.8 Å². The molecule has 0 N–H and O–H groups in total. The maximum Gasteiger partial charge on any atom is 0.306 e. The molecular formula is C12H22O2. The fourth-order valence-corrected chi connectivity index (χ4v) is 1.20.